The van der Waals surface area contributed by atoms with Gasteiger partial charge in [-0.15, -0.1) is 12.4 Å². The Hall–Kier alpha value is -1.63. The number of nitrogens with two attached hydrogens (primary N) is 1. The van der Waals surface area contributed by atoms with Crippen molar-refractivity contribution in [3.8, 4) is 5.75 Å². The van der Waals surface area contributed by atoms with Crippen LogP contribution >= 0.6 is 12.4 Å². The first kappa shape index (κ1) is 17.7. The molecule has 2 aromatic rings. The fourth-order valence-corrected chi connectivity index (χ4v) is 2.64. The Balaban J connectivity index is 0.00000192. The van der Waals surface area contributed by atoms with Crippen LogP contribution in [-0.2, 0) is 16.9 Å². The second kappa shape index (κ2) is 8.29. The van der Waals surface area contributed by atoms with Gasteiger partial charge in [0.25, 0.3) is 5.89 Å². The van der Waals surface area contributed by atoms with E-state index in [4.69, 9.17) is 19.7 Å². The van der Waals surface area contributed by atoms with Crippen LogP contribution < -0.4 is 10.5 Å². The number of hydrogen-bond acceptors (Lipinski definition) is 6. The molecule has 1 saturated carbocycles. The number of rotatable bonds is 7. The van der Waals surface area contributed by atoms with Crippen molar-refractivity contribution in [1.29, 1.82) is 0 Å². The number of ether oxygens (including phenoxy) is 2. The topological polar surface area (TPSA) is 83.4 Å². The Kier molecular flexibility index (Phi) is 6.38. The Morgan fingerprint density at radius 1 is 1.13 bits per heavy atom. The van der Waals surface area contributed by atoms with Crippen molar-refractivity contribution in [3.63, 3.8) is 0 Å². The highest BCUT2D eigenvalue weighted by Gasteiger charge is 2.35. The zero-order valence-corrected chi connectivity index (χ0v) is 13.8. The van der Waals surface area contributed by atoms with Crippen LogP contribution in [0.15, 0.2) is 34.9 Å². The molecule has 0 bridgehead atoms. The number of aromatic nitrogens is 2. The minimum absolute atomic E-state index is 0. The molecule has 0 aliphatic heterocycles. The second-order valence-electron chi connectivity index (χ2n) is 5.59. The Morgan fingerprint density at radius 2 is 1.87 bits per heavy atom. The van der Waals surface area contributed by atoms with E-state index in [0.717, 1.165) is 31.4 Å². The number of benzene rings is 1. The van der Waals surface area contributed by atoms with Gasteiger partial charge in [-0.3, -0.25) is 0 Å². The molecule has 3 rings (SSSR count). The van der Waals surface area contributed by atoms with E-state index in [1.165, 1.54) is 0 Å². The van der Waals surface area contributed by atoms with Crippen LogP contribution in [0, 0.1) is 0 Å². The third-order valence-electron chi connectivity index (χ3n) is 3.87. The summed E-state index contributed by atoms with van der Waals surface area (Å²) in [7, 11) is 0. The number of halogens is 1. The molecule has 1 aliphatic carbocycles. The minimum atomic E-state index is -0.418. The summed E-state index contributed by atoms with van der Waals surface area (Å²) in [5.41, 5.74) is 5.87. The lowest BCUT2D eigenvalue weighted by molar-refractivity contribution is 0.0720. The van der Waals surface area contributed by atoms with Crippen LogP contribution in [0.2, 0.25) is 0 Å². The van der Waals surface area contributed by atoms with E-state index in [0.29, 0.717) is 24.9 Å². The first-order valence-corrected chi connectivity index (χ1v) is 7.64. The molecule has 23 heavy (non-hydrogen) atoms. The molecule has 7 heteroatoms. The molecule has 6 nitrogen and oxygen atoms in total. The molecule has 1 aromatic heterocycles. The average molecular weight is 340 g/mol. The molecule has 0 spiro atoms. The van der Waals surface area contributed by atoms with Gasteiger partial charge >= 0.3 is 0 Å². The predicted molar refractivity (Wildman–Crippen MR) is 87.5 cm³/mol. The smallest absolute Gasteiger partial charge is 0.252 e. The van der Waals surface area contributed by atoms with E-state index in [1.807, 2.05) is 30.3 Å². The summed E-state index contributed by atoms with van der Waals surface area (Å²) < 4.78 is 16.2. The van der Waals surface area contributed by atoms with E-state index in [1.54, 1.807) is 0 Å². The summed E-state index contributed by atoms with van der Waals surface area (Å²) in [6, 6.07) is 9.63. The number of hydrogen-bond donors (Lipinski definition) is 1. The van der Waals surface area contributed by atoms with Gasteiger partial charge in [0.05, 0.1) is 12.1 Å². The quantitative estimate of drug-likeness (QED) is 0.781. The summed E-state index contributed by atoms with van der Waals surface area (Å²) in [5.74, 6) is 1.90. The largest absolute Gasteiger partial charge is 0.491 e. The molecule has 0 saturated heterocycles. The van der Waals surface area contributed by atoms with Crippen molar-refractivity contribution in [3.05, 3.63) is 42.0 Å². The maximum Gasteiger partial charge on any atom is 0.252 e. The zero-order chi connectivity index (χ0) is 15.3. The van der Waals surface area contributed by atoms with Gasteiger partial charge in [0.1, 0.15) is 19.0 Å². The van der Waals surface area contributed by atoms with Gasteiger partial charge in [-0.05, 0) is 25.0 Å². The maximum absolute atomic E-state index is 6.29. The van der Waals surface area contributed by atoms with Crippen molar-refractivity contribution in [2.75, 3.05) is 13.2 Å². The van der Waals surface area contributed by atoms with E-state index in [-0.39, 0.29) is 19.0 Å². The van der Waals surface area contributed by atoms with Gasteiger partial charge < -0.3 is 19.7 Å². The van der Waals surface area contributed by atoms with E-state index in [2.05, 4.69) is 10.1 Å². The third-order valence-corrected chi connectivity index (χ3v) is 3.87. The Morgan fingerprint density at radius 3 is 2.61 bits per heavy atom. The molecule has 126 valence electrons. The lowest BCUT2D eigenvalue weighted by Crippen LogP contribution is -2.34. The summed E-state index contributed by atoms with van der Waals surface area (Å²) >= 11 is 0. The SMILES string of the molecule is Cl.NC1(c2noc(COCCOc3ccccc3)n2)CCCC1. The fourth-order valence-electron chi connectivity index (χ4n) is 2.64. The van der Waals surface area contributed by atoms with Crippen molar-refractivity contribution >= 4 is 12.4 Å². The van der Waals surface area contributed by atoms with E-state index >= 15 is 0 Å². The monoisotopic (exact) mass is 339 g/mol. The first-order chi connectivity index (χ1) is 10.8. The highest BCUT2D eigenvalue weighted by Crippen LogP contribution is 2.34. The van der Waals surface area contributed by atoms with Crippen LogP contribution in [0.4, 0.5) is 0 Å². The van der Waals surface area contributed by atoms with Crippen LogP contribution in [-0.4, -0.2) is 23.4 Å². The first-order valence-electron chi connectivity index (χ1n) is 7.64. The van der Waals surface area contributed by atoms with Gasteiger partial charge in [-0.2, -0.15) is 4.98 Å². The summed E-state index contributed by atoms with van der Waals surface area (Å²) in [5, 5.41) is 3.99. The molecule has 1 aliphatic rings. The lowest BCUT2D eigenvalue weighted by atomic mass is 9.99. The van der Waals surface area contributed by atoms with Gasteiger partial charge in [0.15, 0.2) is 5.82 Å². The molecular weight excluding hydrogens is 318 g/mol. The van der Waals surface area contributed by atoms with Gasteiger partial charge in [0.2, 0.25) is 0 Å². The Bertz CT molecular complexity index is 585. The normalized spacial score (nSPS) is 16.0. The molecule has 0 unspecified atom stereocenters. The van der Waals surface area contributed by atoms with Crippen molar-refractivity contribution in [2.45, 2.75) is 37.8 Å². The van der Waals surface area contributed by atoms with E-state index < -0.39 is 5.54 Å². The lowest BCUT2D eigenvalue weighted by Gasteiger charge is -2.17. The highest BCUT2D eigenvalue weighted by atomic mass is 35.5. The van der Waals surface area contributed by atoms with E-state index in [9.17, 15) is 0 Å². The molecule has 1 aromatic carbocycles. The van der Waals surface area contributed by atoms with Crippen LogP contribution in [0.1, 0.15) is 37.4 Å². The standard InChI is InChI=1S/C16H21N3O3.ClH/c17-16(8-4-5-9-16)15-18-14(22-19-15)12-20-10-11-21-13-6-2-1-3-7-13;/h1-3,6-7H,4-5,8-12,17H2;1H. The van der Waals surface area contributed by atoms with Crippen LogP contribution in [0.3, 0.4) is 0 Å². The molecule has 0 radical (unpaired) electrons. The van der Waals surface area contributed by atoms with Crippen molar-refractivity contribution in [1.82, 2.24) is 10.1 Å². The van der Waals surface area contributed by atoms with Gasteiger partial charge in [-0.25, -0.2) is 0 Å². The fraction of sp³-hybridized carbons (Fsp3) is 0.500. The number of nitrogens with zero attached hydrogens (tertiary/aromatic N) is 2. The molecular formula is C16H22ClN3O3. The van der Waals surface area contributed by atoms with Gasteiger partial charge in [-0.1, -0.05) is 36.2 Å². The Labute approximate surface area is 141 Å². The van der Waals surface area contributed by atoms with Crippen LogP contribution in [0.25, 0.3) is 0 Å². The van der Waals surface area contributed by atoms with Crippen molar-refractivity contribution in [2.24, 2.45) is 5.73 Å². The molecule has 2 N–H and O–H groups in total. The summed E-state index contributed by atoms with van der Waals surface area (Å²) in [4.78, 5) is 4.35. The molecule has 1 fully saturated rings. The average Bonchev–Trinajstić information content (AvgIpc) is 3.18. The maximum atomic E-state index is 6.29. The molecule has 1 heterocycles. The van der Waals surface area contributed by atoms with Crippen molar-refractivity contribution < 1.29 is 14.0 Å². The minimum Gasteiger partial charge on any atom is -0.491 e. The number of para-hydroxylation sites is 1. The second-order valence-corrected chi connectivity index (χ2v) is 5.59. The third kappa shape index (κ3) is 4.67. The van der Waals surface area contributed by atoms with Gasteiger partial charge in [0, 0.05) is 0 Å². The zero-order valence-electron chi connectivity index (χ0n) is 12.9. The predicted octanol–water partition coefficient (Wildman–Crippen LogP) is 2.82. The summed E-state index contributed by atoms with van der Waals surface area (Å²) in [6.07, 6.45) is 4.07. The highest BCUT2D eigenvalue weighted by molar-refractivity contribution is 5.85. The van der Waals surface area contributed by atoms with Crippen LogP contribution in [0.5, 0.6) is 5.75 Å². The molecule has 0 amide bonds. The molecule has 0 atom stereocenters. The summed E-state index contributed by atoms with van der Waals surface area (Å²) in [6.45, 7) is 1.22.